The van der Waals surface area contributed by atoms with E-state index in [2.05, 4.69) is 40.4 Å². The molecule has 0 radical (unpaired) electrons. The van der Waals surface area contributed by atoms with Crippen molar-refractivity contribution in [2.24, 2.45) is 9.98 Å². The van der Waals surface area contributed by atoms with Gasteiger partial charge >= 0.3 is 6.18 Å². The van der Waals surface area contributed by atoms with E-state index in [0.717, 1.165) is 18.2 Å². The van der Waals surface area contributed by atoms with Crippen LogP contribution in [0.4, 0.5) is 23.2 Å². The Labute approximate surface area is 176 Å². The Bertz CT molecular complexity index is 1010. The van der Waals surface area contributed by atoms with Crippen molar-refractivity contribution >= 4 is 23.1 Å². The summed E-state index contributed by atoms with van der Waals surface area (Å²) in [6.45, 7) is 10.2. The number of amidine groups is 1. The number of nitriles is 1. The molecule has 1 rings (SSSR count). The molecule has 0 aromatic heterocycles. The molecule has 6 nitrogen and oxygen atoms in total. The van der Waals surface area contributed by atoms with E-state index in [1.165, 1.54) is 25.4 Å². The van der Waals surface area contributed by atoms with Crippen molar-refractivity contribution in [1.29, 1.82) is 5.26 Å². The predicted molar refractivity (Wildman–Crippen MR) is 112 cm³/mol. The third-order valence-electron chi connectivity index (χ3n) is 3.55. The van der Waals surface area contributed by atoms with Crippen molar-refractivity contribution in [2.45, 2.75) is 6.18 Å². The average molecular weight is 433 g/mol. The number of hydrogen-bond donors (Lipinski definition) is 2. The monoisotopic (exact) mass is 433 g/mol. The lowest BCUT2D eigenvalue weighted by Gasteiger charge is -2.13. The van der Waals surface area contributed by atoms with Gasteiger partial charge in [-0.25, -0.2) is 4.39 Å². The number of nitrogens with one attached hydrogen (secondary N) is 2. The average Bonchev–Trinajstić information content (AvgIpc) is 2.69. The van der Waals surface area contributed by atoms with E-state index >= 15 is 0 Å². The first-order valence-electron chi connectivity index (χ1n) is 8.55. The number of amides is 1. The molecule has 0 saturated heterocycles. The van der Waals surface area contributed by atoms with Gasteiger partial charge in [0, 0.05) is 12.7 Å². The third-order valence-corrected chi connectivity index (χ3v) is 3.55. The molecule has 1 aromatic rings. The molecule has 0 aliphatic heterocycles. The molecule has 0 atom stereocenters. The molecule has 31 heavy (non-hydrogen) atoms. The fourth-order valence-corrected chi connectivity index (χ4v) is 2.19. The summed E-state index contributed by atoms with van der Waals surface area (Å²) in [5.74, 6) is -1.47. The number of aliphatic imine (C=N–C) groups is 2. The van der Waals surface area contributed by atoms with Crippen molar-refractivity contribution in [2.75, 3.05) is 18.9 Å². The maximum atomic E-state index is 12.9. The SMILES string of the molecule is C=CNC(=NCC(=C)/C=C\C(=C)F)C(=NC)C(=O)Nc1ccc(C(F)(F)F)c(C#N)c1. The van der Waals surface area contributed by atoms with Crippen LogP contribution in [0.15, 0.2) is 77.7 Å². The molecule has 1 amide bonds. The van der Waals surface area contributed by atoms with E-state index in [0.29, 0.717) is 11.6 Å². The number of nitrogens with zero attached hydrogens (tertiary/aromatic N) is 3. The van der Waals surface area contributed by atoms with Gasteiger partial charge in [-0.15, -0.1) is 0 Å². The number of carbonyl (C=O) groups is 1. The quantitative estimate of drug-likeness (QED) is 0.277. The summed E-state index contributed by atoms with van der Waals surface area (Å²) in [7, 11) is 1.31. The van der Waals surface area contributed by atoms with Gasteiger partial charge in [-0.2, -0.15) is 18.4 Å². The zero-order valence-corrected chi connectivity index (χ0v) is 16.6. The minimum absolute atomic E-state index is 0.00366. The smallest absolute Gasteiger partial charge is 0.346 e. The van der Waals surface area contributed by atoms with Gasteiger partial charge in [-0.3, -0.25) is 14.8 Å². The van der Waals surface area contributed by atoms with E-state index in [4.69, 9.17) is 5.26 Å². The van der Waals surface area contributed by atoms with Gasteiger partial charge < -0.3 is 10.6 Å². The molecule has 0 spiro atoms. The first kappa shape index (κ1) is 25.0. The Morgan fingerprint density at radius 3 is 2.48 bits per heavy atom. The number of carbonyl (C=O) groups excluding carboxylic acids is 1. The predicted octanol–water partition coefficient (Wildman–Crippen LogP) is 4.31. The molecule has 1 aromatic carbocycles. The molecule has 0 aliphatic carbocycles. The highest BCUT2D eigenvalue weighted by molar-refractivity contribution is 6.68. The summed E-state index contributed by atoms with van der Waals surface area (Å²) in [6.07, 6.45) is -1.02. The fraction of sp³-hybridized carbons (Fsp3) is 0.143. The Hall–Kier alpha value is -4.00. The minimum Gasteiger partial charge on any atom is -0.346 e. The van der Waals surface area contributed by atoms with Crippen LogP contribution in [0, 0.1) is 11.3 Å². The lowest BCUT2D eigenvalue weighted by molar-refractivity contribution is -0.137. The highest BCUT2D eigenvalue weighted by Crippen LogP contribution is 2.33. The lowest BCUT2D eigenvalue weighted by atomic mass is 10.1. The molecule has 0 unspecified atom stereocenters. The molecule has 2 N–H and O–H groups in total. The molecular weight excluding hydrogens is 414 g/mol. The van der Waals surface area contributed by atoms with E-state index in [1.54, 1.807) is 0 Å². The van der Waals surface area contributed by atoms with E-state index in [-0.39, 0.29) is 23.8 Å². The lowest BCUT2D eigenvalue weighted by Crippen LogP contribution is -2.37. The van der Waals surface area contributed by atoms with Crippen molar-refractivity contribution in [3.8, 4) is 6.07 Å². The molecule has 0 fully saturated rings. The van der Waals surface area contributed by atoms with Crippen molar-refractivity contribution in [3.05, 3.63) is 78.8 Å². The van der Waals surface area contributed by atoms with Crippen LogP contribution >= 0.6 is 0 Å². The first-order valence-corrected chi connectivity index (χ1v) is 8.55. The summed E-state index contributed by atoms with van der Waals surface area (Å²) in [5, 5.41) is 14.0. The summed E-state index contributed by atoms with van der Waals surface area (Å²) >= 11 is 0. The number of allylic oxidation sites excluding steroid dienone is 2. The molecule has 0 aliphatic rings. The highest BCUT2D eigenvalue weighted by atomic mass is 19.4. The van der Waals surface area contributed by atoms with Gasteiger partial charge in [0.25, 0.3) is 5.91 Å². The number of benzene rings is 1. The van der Waals surface area contributed by atoms with Gasteiger partial charge in [-0.1, -0.05) is 25.8 Å². The van der Waals surface area contributed by atoms with Crippen molar-refractivity contribution < 1.29 is 22.4 Å². The standard InChI is InChI=1S/C21H19F4N5O/c1-5-28-19(29-12-13(2)6-7-14(3)22)18(27-4)20(31)30-16-8-9-17(21(23,24)25)15(10-16)11-26/h5-10H,1-3,12H2,4H3,(H,28,29)(H,30,31)/b7-6-,27-18?. The third kappa shape index (κ3) is 7.74. The molecule has 10 heteroatoms. The van der Waals surface area contributed by atoms with E-state index in [9.17, 15) is 22.4 Å². The number of halogens is 4. The summed E-state index contributed by atoms with van der Waals surface area (Å²) < 4.78 is 51.5. The summed E-state index contributed by atoms with van der Waals surface area (Å²) in [6, 6.07) is 4.07. The number of alkyl halides is 3. The molecule has 0 bridgehead atoms. The second-order valence-corrected chi connectivity index (χ2v) is 5.85. The topological polar surface area (TPSA) is 89.6 Å². The Balaban J connectivity index is 3.11. The van der Waals surface area contributed by atoms with Gasteiger partial charge in [0.1, 0.15) is 5.83 Å². The molecule has 162 valence electrons. The molecule has 0 heterocycles. The second-order valence-electron chi connectivity index (χ2n) is 5.85. The zero-order valence-electron chi connectivity index (χ0n) is 16.6. The highest BCUT2D eigenvalue weighted by Gasteiger charge is 2.33. The van der Waals surface area contributed by atoms with Gasteiger partial charge in [0.05, 0.1) is 23.7 Å². The van der Waals surface area contributed by atoms with Crippen LogP contribution in [0.3, 0.4) is 0 Å². The van der Waals surface area contributed by atoms with Crippen LogP contribution in [0.2, 0.25) is 0 Å². The van der Waals surface area contributed by atoms with Crippen LogP contribution in [0.25, 0.3) is 0 Å². The molecule has 0 saturated carbocycles. The van der Waals surface area contributed by atoms with Crippen LogP contribution in [-0.2, 0) is 11.0 Å². The fourth-order valence-electron chi connectivity index (χ4n) is 2.19. The van der Waals surface area contributed by atoms with Crippen molar-refractivity contribution in [3.63, 3.8) is 0 Å². The van der Waals surface area contributed by atoms with Crippen LogP contribution in [0.1, 0.15) is 11.1 Å². The van der Waals surface area contributed by atoms with E-state index < -0.39 is 29.0 Å². The molecular formula is C21H19F4N5O. The Morgan fingerprint density at radius 1 is 1.29 bits per heavy atom. The van der Waals surface area contributed by atoms with E-state index in [1.807, 2.05) is 0 Å². The Kier molecular flexibility index (Phi) is 9.09. The number of rotatable bonds is 8. The largest absolute Gasteiger partial charge is 0.417 e. The summed E-state index contributed by atoms with van der Waals surface area (Å²) in [5.41, 5.74) is -1.58. The Morgan fingerprint density at radius 2 is 1.97 bits per heavy atom. The normalized spacial score (nSPS) is 12.3. The van der Waals surface area contributed by atoms with Crippen LogP contribution in [0.5, 0.6) is 0 Å². The van der Waals surface area contributed by atoms with Gasteiger partial charge in [0.15, 0.2) is 11.5 Å². The first-order chi connectivity index (χ1) is 14.5. The van der Waals surface area contributed by atoms with Crippen LogP contribution < -0.4 is 10.6 Å². The number of anilines is 1. The second kappa shape index (κ2) is 11.3. The zero-order chi connectivity index (χ0) is 23.6. The summed E-state index contributed by atoms with van der Waals surface area (Å²) in [4.78, 5) is 20.6. The van der Waals surface area contributed by atoms with Gasteiger partial charge in [0.2, 0.25) is 0 Å². The maximum Gasteiger partial charge on any atom is 0.417 e. The van der Waals surface area contributed by atoms with Crippen LogP contribution in [-0.4, -0.2) is 31.0 Å². The number of hydrogen-bond acceptors (Lipinski definition) is 4. The van der Waals surface area contributed by atoms with Gasteiger partial charge in [-0.05, 0) is 36.0 Å². The maximum absolute atomic E-state index is 12.9. The van der Waals surface area contributed by atoms with Crippen molar-refractivity contribution in [1.82, 2.24) is 5.32 Å². The minimum atomic E-state index is -4.71.